The Balaban J connectivity index is 1.70. The Morgan fingerprint density at radius 2 is 2.04 bits per heavy atom. The molecule has 3 nitrogen and oxygen atoms in total. The molecular formula is C23H38FNO2. The summed E-state index contributed by atoms with van der Waals surface area (Å²) in [6, 6.07) is 0. The SMILES string of the molecule is CCC(C#CC1CCCC(C(=O)CNC[C@H]2CCCO2)CC1)CCC(C)F. The molecule has 5 atom stereocenters. The van der Waals surface area contributed by atoms with Gasteiger partial charge >= 0.3 is 0 Å². The average Bonchev–Trinajstić information content (AvgIpc) is 3.05. The van der Waals surface area contributed by atoms with Crippen LogP contribution in [0.3, 0.4) is 0 Å². The number of carbonyl (C=O) groups excluding carboxylic acids is 1. The summed E-state index contributed by atoms with van der Waals surface area (Å²) in [7, 11) is 0. The number of hydrogen-bond donors (Lipinski definition) is 1. The van der Waals surface area contributed by atoms with Crippen molar-refractivity contribution in [2.24, 2.45) is 17.8 Å². The van der Waals surface area contributed by atoms with Crippen LogP contribution in [-0.4, -0.2) is 37.8 Å². The topological polar surface area (TPSA) is 38.3 Å². The molecule has 1 aliphatic heterocycles. The molecule has 1 aliphatic carbocycles. The molecule has 0 radical (unpaired) electrons. The van der Waals surface area contributed by atoms with E-state index in [1.165, 1.54) is 0 Å². The molecule has 0 spiro atoms. The van der Waals surface area contributed by atoms with Crippen molar-refractivity contribution >= 4 is 5.78 Å². The van der Waals surface area contributed by atoms with Gasteiger partial charge in [-0.25, -0.2) is 4.39 Å². The molecule has 2 rings (SSSR count). The summed E-state index contributed by atoms with van der Waals surface area (Å²) >= 11 is 0. The standard InChI is InChI=1S/C23H38FNO2/c1-3-19(10-9-18(2)24)11-12-20-6-4-7-21(14-13-20)23(26)17-25-16-22-8-5-15-27-22/h18-22,25H,3-10,13-17H2,1-2H3/t18?,19?,20?,21?,22-/m1/s1. The van der Waals surface area contributed by atoms with Gasteiger partial charge in [-0.3, -0.25) is 4.79 Å². The van der Waals surface area contributed by atoms with Crippen molar-refractivity contribution in [2.45, 2.75) is 90.3 Å². The molecule has 4 heteroatoms. The molecule has 2 aliphatic rings. The third-order valence-electron chi connectivity index (χ3n) is 6.02. The van der Waals surface area contributed by atoms with Gasteiger partial charge in [-0.05, 0) is 64.7 Å². The molecular weight excluding hydrogens is 341 g/mol. The van der Waals surface area contributed by atoms with Crippen LogP contribution in [0.25, 0.3) is 0 Å². The second-order valence-electron chi connectivity index (χ2n) is 8.39. The number of alkyl halides is 1. The predicted molar refractivity (Wildman–Crippen MR) is 108 cm³/mol. The van der Waals surface area contributed by atoms with E-state index in [2.05, 4.69) is 24.1 Å². The van der Waals surface area contributed by atoms with Crippen LogP contribution in [-0.2, 0) is 9.53 Å². The first kappa shape index (κ1) is 22.4. The van der Waals surface area contributed by atoms with E-state index in [1.54, 1.807) is 6.92 Å². The number of carbonyl (C=O) groups is 1. The molecule has 1 saturated carbocycles. The molecule has 0 bridgehead atoms. The zero-order valence-corrected chi connectivity index (χ0v) is 17.3. The van der Waals surface area contributed by atoms with E-state index in [-0.39, 0.29) is 5.92 Å². The van der Waals surface area contributed by atoms with Crippen molar-refractivity contribution in [3.05, 3.63) is 0 Å². The fraction of sp³-hybridized carbons (Fsp3) is 0.870. The Labute approximate surface area is 165 Å². The van der Waals surface area contributed by atoms with Crippen LogP contribution in [0.4, 0.5) is 4.39 Å². The lowest BCUT2D eigenvalue weighted by Crippen LogP contribution is -2.33. The minimum absolute atomic E-state index is 0.183. The van der Waals surface area contributed by atoms with E-state index in [1.807, 2.05) is 0 Å². The summed E-state index contributed by atoms with van der Waals surface area (Å²) in [6.45, 7) is 5.88. The first-order valence-electron chi connectivity index (χ1n) is 11.1. The highest BCUT2D eigenvalue weighted by molar-refractivity contribution is 5.82. The van der Waals surface area contributed by atoms with Crippen LogP contribution in [0.2, 0.25) is 0 Å². The van der Waals surface area contributed by atoms with E-state index >= 15 is 0 Å². The summed E-state index contributed by atoms with van der Waals surface area (Å²) in [5.41, 5.74) is 0. The first-order chi connectivity index (χ1) is 13.1. The summed E-state index contributed by atoms with van der Waals surface area (Å²) in [5, 5.41) is 3.29. The molecule has 4 unspecified atom stereocenters. The maximum atomic E-state index is 13.0. The Morgan fingerprint density at radius 3 is 2.74 bits per heavy atom. The van der Waals surface area contributed by atoms with Crippen molar-refractivity contribution in [3.8, 4) is 11.8 Å². The lowest BCUT2D eigenvalue weighted by atomic mass is 9.93. The summed E-state index contributed by atoms with van der Waals surface area (Å²) < 4.78 is 18.6. The highest BCUT2D eigenvalue weighted by atomic mass is 19.1. The Kier molecular flexibility index (Phi) is 10.4. The van der Waals surface area contributed by atoms with Crippen LogP contribution >= 0.6 is 0 Å². The number of ketones is 1. The average molecular weight is 380 g/mol. The minimum Gasteiger partial charge on any atom is -0.377 e. The quantitative estimate of drug-likeness (QED) is 0.467. The number of nitrogens with one attached hydrogen (secondary N) is 1. The van der Waals surface area contributed by atoms with Crippen LogP contribution < -0.4 is 5.32 Å². The zero-order chi connectivity index (χ0) is 19.5. The number of halogens is 1. The molecule has 0 amide bonds. The molecule has 27 heavy (non-hydrogen) atoms. The van der Waals surface area contributed by atoms with E-state index in [4.69, 9.17) is 4.74 Å². The van der Waals surface area contributed by atoms with Gasteiger partial charge < -0.3 is 10.1 Å². The molecule has 154 valence electrons. The van der Waals surface area contributed by atoms with Crippen molar-refractivity contribution in [2.75, 3.05) is 19.7 Å². The number of hydrogen-bond acceptors (Lipinski definition) is 3. The lowest BCUT2D eigenvalue weighted by Gasteiger charge is -2.15. The van der Waals surface area contributed by atoms with Gasteiger partial charge in [0.15, 0.2) is 0 Å². The largest absolute Gasteiger partial charge is 0.377 e. The third-order valence-corrected chi connectivity index (χ3v) is 6.02. The highest BCUT2D eigenvalue weighted by Gasteiger charge is 2.23. The zero-order valence-electron chi connectivity index (χ0n) is 17.3. The van der Waals surface area contributed by atoms with E-state index in [0.717, 1.165) is 70.9 Å². The molecule has 1 N–H and O–H groups in total. The Bertz CT molecular complexity index is 490. The van der Waals surface area contributed by atoms with E-state index in [0.29, 0.717) is 36.7 Å². The van der Waals surface area contributed by atoms with Crippen LogP contribution in [0.1, 0.15) is 78.1 Å². The smallest absolute Gasteiger partial charge is 0.149 e. The van der Waals surface area contributed by atoms with Gasteiger partial charge in [0, 0.05) is 30.9 Å². The monoisotopic (exact) mass is 379 g/mol. The van der Waals surface area contributed by atoms with Crippen molar-refractivity contribution in [3.63, 3.8) is 0 Å². The summed E-state index contributed by atoms with van der Waals surface area (Å²) in [4.78, 5) is 12.5. The molecule has 0 aromatic heterocycles. The number of ether oxygens (including phenoxy) is 1. The minimum atomic E-state index is -0.737. The van der Waals surface area contributed by atoms with Gasteiger partial charge in [0.05, 0.1) is 18.8 Å². The van der Waals surface area contributed by atoms with Crippen LogP contribution in [0.15, 0.2) is 0 Å². The first-order valence-corrected chi connectivity index (χ1v) is 11.1. The third kappa shape index (κ3) is 8.75. The highest BCUT2D eigenvalue weighted by Crippen LogP contribution is 2.28. The molecule has 1 saturated heterocycles. The fourth-order valence-electron chi connectivity index (χ4n) is 4.12. The van der Waals surface area contributed by atoms with Gasteiger partial charge in [0.1, 0.15) is 5.78 Å². The van der Waals surface area contributed by atoms with Crippen LogP contribution in [0.5, 0.6) is 0 Å². The normalized spacial score (nSPS) is 28.0. The molecule has 2 fully saturated rings. The van der Waals surface area contributed by atoms with E-state index in [9.17, 15) is 9.18 Å². The van der Waals surface area contributed by atoms with Crippen LogP contribution in [0, 0.1) is 29.6 Å². The van der Waals surface area contributed by atoms with E-state index < -0.39 is 6.17 Å². The van der Waals surface area contributed by atoms with Gasteiger partial charge in [0.25, 0.3) is 0 Å². The van der Waals surface area contributed by atoms with Gasteiger partial charge in [0.2, 0.25) is 0 Å². The van der Waals surface area contributed by atoms with Gasteiger partial charge in [-0.1, -0.05) is 25.2 Å². The summed E-state index contributed by atoms with van der Waals surface area (Å²) in [5.74, 6) is 8.11. The lowest BCUT2D eigenvalue weighted by molar-refractivity contribution is -0.122. The van der Waals surface area contributed by atoms with Crippen molar-refractivity contribution < 1.29 is 13.9 Å². The second kappa shape index (κ2) is 12.5. The molecule has 0 aromatic carbocycles. The second-order valence-corrected chi connectivity index (χ2v) is 8.39. The van der Waals surface area contributed by atoms with Gasteiger partial charge in [-0.15, -0.1) is 0 Å². The summed E-state index contributed by atoms with van der Waals surface area (Å²) in [6.07, 6.45) is 9.39. The maximum absolute atomic E-state index is 13.0. The van der Waals surface area contributed by atoms with Crippen molar-refractivity contribution in [1.82, 2.24) is 5.32 Å². The number of rotatable bonds is 9. The van der Waals surface area contributed by atoms with Crippen molar-refractivity contribution in [1.29, 1.82) is 0 Å². The predicted octanol–water partition coefficient (Wildman–Crippen LogP) is 4.69. The molecule has 1 heterocycles. The molecule has 0 aromatic rings. The number of Topliss-reactive ketones (excluding diaryl/α,β-unsaturated/α-hetero) is 1. The maximum Gasteiger partial charge on any atom is 0.149 e. The Morgan fingerprint density at radius 1 is 1.19 bits per heavy atom. The van der Waals surface area contributed by atoms with Gasteiger partial charge in [-0.2, -0.15) is 0 Å². The Hall–Kier alpha value is -0.920. The fourth-order valence-corrected chi connectivity index (χ4v) is 4.12.